The molecule has 0 unspecified atom stereocenters. The summed E-state index contributed by atoms with van der Waals surface area (Å²) in [6.07, 6.45) is 11.4. The molecule has 0 aliphatic heterocycles. The first-order valence-corrected chi connectivity index (χ1v) is 8.04. The fourth-order valence-electron chi connectivity index (χ4n) is 2.19. The predicted molar refractivity (Wildman–Crippen MR) is 103 cm³/mol. The van der Waals surface area contributed by atoms with Crippen molar-refractivity contribution in [1.29, 1.82) is 0 Å². The largest absolute Gasteiger partial charge is 0.497 e. The van der Waals surface area contributed by atoms with E-state index in [1.807, 2.05) is 42.5 Å². The maximum absolute atomic E-state index is 11.4. The normalized spacial score (nSPS) is 13.1. The highest BCUT2D eigenvalue weighted by Gasteiger charge is 2.07. The standard InChI is InChI=1S/C18H21N3O3.CH5N/c1-24-17-9-6-14(7-10-17)11-12-21(19)13-15-3-2-4-16(8-5-15)18(22)20-23;1-2/h2,4-12,23H,3,13,19H2,1H3,(H,20,22);2H2,1H3/b12-11+;. The monoisotopic (exact) mass is 358 g/mol. The van der Waals surface area contributed by atoms with Crippen LogP contribution in [-0.4, -0.2) is 36.8 Å². The van der Waals surface area contributed by atoms with E-state index in [9.17, 15) is 4.79 Å². The Labute approximate surface area is 153 Å². The highest BCUT2D eigenvalue weighted by molar-refractivity contribution is 5.95. The van der Waals surface area contributed by atoms with Crippen molar-refractivity contribution in [2.75, 3.05) is 20.7 Å². The summed E-state index contributed by atoms with van der Waals surface area (Å²) >= 11 is 0. The second-order valence-corrected chi connectivity index (χ2v) is 5.26. The molecule has 0 radical (unpaired) electrons. The highest BCUT2D eigenvalue weighted by atomic mass is 16.5. The molecule has 0 heterocycles. The van der Waals surface area contributed by atoms with E-state index in [-0.39, 0.29) is 0 Å². The molecule has 0 saturated carbocycles. The quantitative estimate of drug-likeness (QED) is 0.350. The van der Waals surface area contributed by atoms with Crippen LogP contribution in [0.4, 0.5) is 0 Å². The van der Waals surface area contributed by atoms with Crippen molar-refractivity contribution in [1.82, 2.24) is 10.5 Å². The van der Waals surface area contributed by atoms with Crippen molar-refractivity contribution in [2.45, 2.75) is 6.42 Å². The lowest BCUT2D eigenvalue weighted by Crippen LogP contribution is -2.27. The van der Waals surface area contributed by atoms with Gasteiger partial charge in [-0.2, -0.15) is 0 Å². The summed E-state index contributed by atoms with van der Waals surface area (Å²) in [6.45, 7) is 0.529. The van der Waals surface area contributed by atoms with E-state index in [1.54, 1.807) is 36.0 Å². The zero-order valence-corrected chi connectivity index (χ0v) is 15.1. The number of rotatable bonds is 6. The average molecular weight is 358 g/mol. The first-order chi connectivity index (χ1) is 12.6. The lowest BCUT2D eigenvalue weighted by molar-refractivity contribution is -0.124. The molecule has 140 valence electrons. The van der Waals surface area contributed by atoms with E-state index in [1.165, 1.54) is 7.05 Å². The van der Waals surface area contributed by atoms with Gasteiger partial charge in [-0.3, -0.25) is 10.0 Å². The smallest absolute Gasteiger partial charge is 0.274 e. The Kier molecular flexibility index (Phi) is 9.48. The van der Waals surface area contributed by atoms with Gasteiger partial charge in [0.2, 0.25) is 0 Å². The molecule has 1 aliphatic carbocycles. The second-order valence-electron chi connectivity index (χ2n) is 5.26. The molecule has 1 aromatic carbocycles. The Balaban J connectivity index is 0.00000163. The molecule has 7 nitrogen and oxygen atoms in total. The molecule has 6 N–H and O–H groups in total. The van der Waals surface area contributed by atoms with Crippen molar-refractivity contribution >= 4 is 12.0 Å². The minimum Gasteiger partial charge on any atom is -0.497 e. The van der Waals surface area contributed by atoms with Crippen LogP contribution in [0.2, 0.25) is 0 Å². The van der Waals surface area contributed by atoms with Crippen LogP contribution in [-0.2, 0) is 4.79 Å². The Bertz CT molecular complexity index is 691. The van der Waals surface area contributed by atoms with Crippen LogP contribution in [0.5, 0.6) is 5.75 Å². The Morgan fingerprint density at radius 3 is 2.62 bits per heavy atom. The van der Waals surface area contributed by atoms with Gasteiger partial charge < -0.3 is 15.5 Å². The molecule has 0 fully saturated rings. The number of hydroxylamine groups is 1. The van der Waals surface area contributed by atoms with Gasteiger partial charge in [-0.15, -0.1) is 0 Å². The topological polar surface area (TPSA) is 114 Å². The van der Waals surface area contributed by atoms with Crippen molar-refractivity contribution in [3.8, 4) is 5.75 Å². The van der Waals surface area contributed by atoms with Gasteiger partial charge in [-0.25, -0.2) is 11.3 Å². The lowest BCUT2D eigenvalue weighted by Gasteiger charge is -2.15. The fourth-order valence-corrected chi connectivity index (χ4v) is 2.19. The zero-order chi connectivity index (χ0) is 19.4. The van der Waals surface area contributed by atoms with Crippen LogP contribution < -0.4 is 21.8 Å². The molecule has 0 aromatic heterocycles. The summed E-state index contributed by atoms with van der Waals surface area (Å²) in [5, 5.41) is 10.2. The number of amides is 1. The van der Waals surface area contributed by atoms with Gasteiger partial charge >= 0.3 is 0 Å². The van der Waals surface area contributed by atoms with Crippen LogP contribution in [0, 0.1) is 0 Å². The summed E-state index contributed by atoms with van der Waals surface area (Å²) in [7, 11) is 3.13. The van der Waals surface area contributed by atoms with Crippen molar-refractivity contribution < 1.29 is 14.7 Å². The third kappa shape index (κ3) is 6.94. The number of ether oxygens (including phenoxy) is 1. The van der Waals surface area contributed by atoms with Gasteiger partial charge in [0, 0.05) is 11.8 Å². The van der Waals surface area contributed by atoms with Crippen LogP contribution in [0.1, 0.15) is 12.0 Å². The molecule has 1 amide bonds. The Morgan fingerprint density at radius 2 is 2.00 bits per heavy atom. The molecule has 0 spiro atoms. The fraction of sp³-hybridized carbons (Fsp3) is 0.211. The van der Waals surface area contributed by atoms with Crippen LogP contribution in [0.3, 0.4) is 0 Å². The number of hydrogen-bond acceptors (Lipinski definition) is 6. The van der Waals surface area contributed by atoms with E-state index in [2.05, 4.69) is 5.73 Å². The molecule has 0 atom stereocenters. The van der Waals surface area contributed by atoms with Gasteiger partial charge in [0.1, 0.15) is 5.75 Å². The summed E-state index contributed by atoms with van der Waals surface area (Å²) in [5.74, 6) is 6.27. The highest BCUT2D eigenvalue weighted by Crippen LogP contribution is 2.14. The molecular formula is C19H26N4O3. The maximum Gasteiger partial charge on any atom is 0.274 e. The van der Waals surface area contributed by atoms with Crippen molar-refractivity contribution in [2.24, 2.45) is 11.6 Å². The number of nitrogens with two attached hydrogens (primary N) is 2. The Morgan fingerprint density at radius 1 is 1.31 bits per heavy atom. The Hall–Kier alpha value is -2.87. The molecule has 0 saturated heterocycles. The number of methoxy groups -OCH3 is 1. The number of benzene rings is 1. The van der Waals surface area contributed by atoms with Gasteiger partial charge in [0.25, 0.3) is 5.91 Å². The summed E-state index contributed by atoms with van der Waals surface area (Å²) in [6, 6.07) is 7.66. The minimum atomic E-state index is -0.534. The first-order valence-electron chi connectivity index (χ1n) is 8.04. The second kappa shape index (κ2) is 11.6. The number of carbonyl (C=O) groups is 1. The lowest BCUT2D eigenvalue weighted by atomic mass is 10.1. The molecular weight excluding hydrogens is 332 g/mol. The predicted octanol–water partition coefficient (Wildman–Crippen LogP) is 1.73. The SMILES string of the molecule is CN.COc1ccc(/C=C/N(N)CC2=CC=C(C(=O)NO)C=CC2)cc1. The van der Waals surface area contributed by atoms with Gasteiger partial charge in [-0.05, 0) is 48.9 Å². The summed E-state index contributed by atoms with van der Waals surface area (Å²) < 4.78 is 5.12. The first kappa shape index (κ1) is 21.2. The van der Waals surface area contributed by atoms with Gasteiger partial charge in [0.15, 0.2) is 0 Å². The number of carbonyl (C=O) groups excluding carboxylic acids is 1. The number of nitrogens with one attached hydrogen (secondary N) is 1. The van der Waals surface area contributed by atoms with E-state index in [4.69, 9.17) is 15.8 Å². The summed E-state index contributed by atoms with van der Waals surface area (Å²) in [4.78, 5) is 11.4. The van der Waals surface area contributed by atoms with E-state index < -0.39 is 5.91 Å². The third-order valence-corrected chi connectivity index (χ3v) is 3.50. The van der Waals surface area contributed by atoms with Crippen LogP contribution in [0.25, 0.3) is 6.08 Å². The molecule has 26 heavy (non-hydrogen) atoms. The molecule has 1 aliphatic rings. The number of allylic oxidation sites excluding steroid dienone is 3. The van der Waals surface area contributed by atoms with Crippen LogP contribution in [0.15, 0.2) is 65.9 Å². The minimum absolute atomic E-state index is 0.393. The van der Waals surface area contributed by atoms with Crippen LogP contribution >= 0.6 is 0 Å². The van der Waals surface area contributed by atoms with Crippen molar-refractivity contribution in [3.05, 3.63) is 71.5 Å². The van der Waals surface area contributed by atoms with Gasteiger partial charge in [-0.1, -0.05) is 30.4 Å². The third-order valence-electron chi connectivity index (χ3n) is 3.50. The van der Waals surface area contributed by atoms with E-state index in [0.29, 0.717) is 18.5 Å². The number of nitrogens with zero attached hydrogens (tertiary/aromatic N) is 1. The van der Waals surface area contributed by atoms with Gasteiger partial charge in [0.05, 0.1) is 13.7 Å². The molecule has 7 heteroatoms. The molecule has 1 aromatic rings. The maximum atomic E-state index is 11.4. The molecule has 0 bridgehead atoms. The number of hydrazine groups is 1. The van der Waals surface area contributed by atoms with Crippen molar-refractivity contribution in [3.63, 3.8) is 0 Å². The number of hydrogen-bond donors (Lipinski definition) is 4. The van der Waals surface area contributed by atoms with E-state index >= 15 is 0 Å². The average Bonchev–Trinajstić information content (AvgIpc) is 2.93. The zero-order valence-electron chi connectivity index (χ0n) is 15.1. The van der Waals surface area contributed by atoms with E-state index in [0.717, 1.165) is 16.9 Å². The molecule has 2 rings (SSSR count). The summed E-state index contributed by atoms with van der Waals surface area (Å²) in [5.41, 5.74) is 8.58.